The van der Waals surface area contributed by atoms with Crippen LogP contribution in [0.15, 0.2) is 36.4 Å². The monoisotopic (exact) mass is 440 g/mol. The fourth-order valence-electron chi connectivity index (χ4n) is 3.26. The number of amides is 1. The number of ether oxygens (including phenoxy) is 2. The number of carboxylic acids is 1. The van der Waals surface area contributed by atoms with Crippen molar-refractivity contribution in [3.63, 3.8) is 0 Å². The molecule has 0 saturated heterocycles. The standard InChI is InChI=1S/C21H20N4O7/c1-11-15(25(29)30)10-13-17(24-20(32-3)19(23-13)31-2)16(11)18(26)22-14(21(27)28)9-12-7-5-4-6-8-12/h4-8,10,14H,9H2,1-3H3,(H,22,26)(H,27,28)/t14-/m0/s1. The van der Waals surface area contributed by atoms with E-state index in [4.69, 9.17) is 9.47 Å². The van der Waals surface area contributed by atoms with Crippen molar-refractivity contribution in [1.82, 2.24) is 15.3 Å². The van der Waals surface area contributed by atoms with Gasteiger partial charge in [0.25, 0.3) is 23.4 Å². The van der Waals surface area contributed by atoms with Crippen LogP contribution in [0.3, 0.4) is 0 Å². The number of nitro benzene ring substituents is 1. The molecule has 0 bridgehead atoms. The average molecular weight is 440 g/mol. The molecule has 3 rings (SSSR count). The maximum Gasteiger partial charge on any atom is 0.326 e. The number of fused-ring (bicyclic) bond motifs is 1. The third kappa shape index (κ3) is 4.41. The summed E-state index contributed by atoms with van der Waals surface area (Å²) in [6.07, 6.45) is 0.0244. The second-order valence-electron chi connectivity index (χ2n) is 6.82. The summed E-state index contributed by atoms with van der Waals surface area (Å²) >= 11 is 0. The van der Waals surface area contributed by atoms with Crippen LogP contribution in [0.1, 0.15) is 21.5 Å². The molecule has 1 heterocycles. The van der Waals surface area contributed by atoms with Gasteiger partial charge in [0, 0.05) is 18.1 Å². The van der Waals surface area contributed by atoms with Gasteiger partial charge in [-0.25, -0.2) is 14.8 Å². The van der Waals surface area contributed by atoms with Crippen LogP contribution in [0.25, 0.3) is 11.0 Å². The smallest absolute Gasteiger partial charge is 0.326 e. The summed E-state index contributed by atoms with van der Waals surface area (Å²) in [5.41, 5.74) is 0.241. The van der Waals surface area contributed by atoms with Gasteiger partial charge >= 0.3 is 5.97 Å². The van der Waals surface area contributed by atoms with E-state index in [2.05, 4.69) is 15.3 Å². The van der Waals surface area contributed by atoms with Crippen molar-refractivity contribution in [1.29, 1.82) is 0 Å². The molecule has 11 nitrogen and oxygen atoms in total. The molecule has 0 saturated carbocycles. The number of nitro groups is 1. The Bertz CT molecular complexity index is 1200. The minimum absolute atomic E-state index is 0.0167. The lowest BCUT2D eigenvalue weighted by Gasteiger charge is -2.17. The fraction of sp³-hybridized carbons (Fsp3) is 0.238. The average Bonchev–Trinajstić information content (AvgIpc) is 2.77. The molecule has 1 atom stereocenters. The minimum atomic E-state index is -1.27. The Morgan fingerprint density at radius 1 is 1.16 bits per heavy atom. The Morgan fingerprint density at radius 2 is 1.78 bits per heavy atom. The van der Waals surface area contributed by atoms with E-state index in [1.807, 2.05) is 0 Å². The lowest BCUT2D eigenvalue weighted by atomic mass is 10.0. The highest BCUT2D eigenvalue weighted by Gasteiger charge is 2.29. The second kappa shape index (κ2) is 9.25. The third-order valence-electron chi connectivity index (χ3n) is 4.83. The van der Waals surface area contributed by atoms with Gasteiger partial charge < -0.3 is 19.9 Å². The number of hydrogen-bond donors (Lipinski definition) is 2. The van der Waals surface area contributed by atoms with Crippen molar-refractivity contribution in [2.45, 2.75) is 19.4 Å². The molecule has 2 N–H and O–H groups in total. The Balaban J connectivity index is 2.12. The van der Waals surface area contributed by atoms with Gasteiger partial charge in [-0.15, -0.1) is 0 Å². The molecule has 3 aromatic rings. The fourth-order valence-corrected chi connectivity index (χ4v) is 3.26. The van der Waals surface area contributed by atoms with E-state index in [0.717, 1.165) is 0 Å². The van der Waals surface area contributed by atoms with Crippen molar-refractivity contribution in [3.8, 4) is 11.8 Å². The maximum absolute atomic E-state index is 13.2. The molecule has 11 heteroatoms. The summed E-state index contributed by atoms with van der Waals surface area (Å²) < 4.78 is 10.2. The van der Waals surface area contributed by atoms with Crippen LogP contribution >= 0.6 is 0 Å². The molecule has 0 aliphatic rings. The maximum atomic E-state index is 13.2. The summed E-state index contributed by atoms with van der Waals surface area (Å²) in [6, 6.07) is 8.67. The van der Waals surface area contributed by atoms with E-state index in [1.165, 1.54) is 27.2 Å². The zero-order valence-corrected chi connectivity index (χ0v) is 17.5. The molecular weight excluding hydrogens is 420 g/mol. The van der Waals surface area contributed by atoms with Crippen LogP contribution in [0.2, 0.25) is 0 Å². The minimum Gasteiger partial charge on any atom is -0.480 e. The first-order chi connectivity index (χ1) is 15.3. The molecule has 0 unspecified atom stereocenters. The molecule has 0 aliphatic carbocycles. The van der Waals surface area contributed by atoms with Crippen molar-refractivity contribution in [2.75, 3.05) is 14.2 Å². The van der Waals surface area contributed by atoms with E-state index < -0.39 is 22.8 Å². The normalized spacial score (nSPS) is 11.6. The summed E-state index contributed by atoms with van der Waals surface area (Å²) in [6.45, 7) is 1.39. The van der Waals surface area contributed by atoms with E-state index in [9.17, 15) is 24.8 Å². The van der Waals surface area contributed by atoms with E-state index >= 15 is 0 Å². The third-order valence-corrected chi connectivity index (χ3v) is 4.83. The molecular formula is C21H20N4O7. The number of carboxylic acid groups (broad SMARTS) is 1. The molecule has 2 aromatic carbocycles. The highest BCUT2D eigenvalue weighted by Crippen LogP contribution is 2.33. The quantitative estimate of drug-likeness (QED) is 0.396. The Hall–Kier alpha value is -4.28. The molecule has 0 radical (unpaired) electrons. The number of hydrogen-bond acceptors (Lipinski definition) is 8. The van der Waals surface area contributed by atoms with Gasteiger partial charge in [-0.3, -0.25) is 14.9 Å². The van der Waals surface area contributed by atoms with Gasteiger partial charge in [0.15, 0.2) is 0 Å². The summed E-state index contributed by atoms with van der Waals surface area (Å²) in [5, 5.41) is 23.6. The number of rotatable bonds is 8. The first-order valence-electron chi connectivity index (χ1n) is 9.42. The van der Waals surface area contributed by atoms with Crippen molar-refractivity contribution in [2.24, 2.45) is 0 Å². The lowest BCUT2D eigenvalue weighted by Crippen LogP contribution is -2.42. The van der Waals surface area contributed by atoms with E-state index in [-0.39, 0.29) is 46.0 Å². The van der Waals surface area contributed by atoms with Crippen LogP contribution in [0.4, 0.5) is 5.69 Å². The molecule has 0 fully saturated rings. The molecule has 0 aliphatic heterocycles. The first-order valence-corrected chi connectivity index (χ1v) is 9.42. The van der Waals surface area contributed by atoms with Crippen LogP contribution in [-0.4, -0.2) is 52.1 Å². The number of aromatic nitrogens is 2. The highest BCUT2D eigenvalue weighted by atomic mass is 16.6. The van der Waals surface area contributed by atoms with E-state index in [1.54, 1.807) is 30.3 Å². The van der Waals surface area contributed by atoms with Crippen LogP contribution in [-0.2, 0) is 11.2 Å². The topological polar surface area (TPSA) is 154 Å². The Kier molecular flexibility index (Phi) is 6.47. The van der Waals surface area contributed by atoms with Gasteiger partial charge in [0.2, 0.25) is 0 Å². The number of benzene rings is 2. The number of nitrogens with zero attached hydrogens (tertiary/aromatic N) is 3. The SMILES string of the molecule is COc1nc2cc([N+](=O)[O-])c(C)c(C(=O)N[C@@H](Cc3ccccc3)C(=O)O)c2nc1OC. The molecule has 0 spiro atoms. The first kappa shape index (κ1) is 22.4. The van der Waals surface area contributed by atoms with Crippen LogP contribution < -0.4 is 14.8 Å². The summed E-state index contributed by atoms with van der Waals surface area (Å²) in [5.74, 6) is -2.13. The Morgan fingerprint density at radius 3 is 2.34 bits per heavy atom. The van der Waals surface area contributed by atoms with Gasteiger partial charge in [0.1, 0.15) is 17.1 Å². The van der Waals surface area contributed by atoms with Crippen molar-refractivity contribution >= 4 is 28.6 Å². The zero-order valence-electron chi connectivity index (χ0n) is 17.5. The number of aliphatic carboxylic acids is 1. The van der Waals surface area contributed by atoms with Gasteiger partial charge in [0.05, 0.1) is 24.7 Å². The predicted octanol–water partition coefficient (Wildman–Crippen LogP) is 2.29. The van der Waals surface area contributed by atoms with Gasteiger partial charge in [-0.1, -0.05) is 30.3 Å². The molecule has 32 heavy (non-hydrogen) atoms. The van der Waals surface area contributed by atoms with Crippen molar-refractivity contribution < 1.29 is 29.1 Å². The largest absolute Gasteiger partial charge is 0.480 e. The molecule has 166 valence electrons. The van der Waals surface area contributed by atoms with Crippen LogP contribution in [0, 0.1) is 17.0 Å². The number of nitrogens with one attached hydrogen (secondary N) is 1. The summed E-state index contributed by atoms with van der Waals surface area (Å²) in [4.78, 5) is 44.3. The van der Waals surface area contributed by atoms with Gasteiger partial charge in [-0.2, -0.15) is 0 Å². The van der Waals surface area contributed by atoms with Crippen molar-refractivity contribution in [3.05, 3.63) is 63.2 Å². The van der Waals surface area contributed by atoms with Crippen LogP contribution in [0.5, 0.6) is 11.8 Å². The number of carbonyl (C=O) groups is 2. The van der Waals surface area contributed by atoms with E-state index in [0.29, 0.717) is 5.56 Å². The second-order valence-corrected chi connectivity index (χ2v) is 6.82. The van der Waals surface area contributed by atoms with Gasteiger partial charge in [-0.05, 0) is 12.5 Å². The zero-order chi connectivity index (χ0) is 23.4. The molecule has 1 aromatic heterocycles. The lowest BCUT2D eigenvalue weighted by molar-refractivity contribution is -0.385. The number of carbonyl (C=O) groups excluding carboxylic acids is 1. The Labute approximate surface area is 182 Å². The number of methoxy groups -OCH3 is 2. The predicted molar refractivity (Wildman–Crippen MR) is 113 cm³/mol. The molecule has 1 amide bonds. The summed E-state index contributed by atoms with van der Waals surface area (Å²) in [7, 11) is 2.66. The highest BCUT2D eigenvalue weighted by molar-refractivity contribution is 6.08.